The first kappa shape index (κ1) is 19.5. The molecule has 2 heterocycles. The van der Waals surface area contributed by atoms with Crippen LogP contribution < -0.4 is 10.2 Å². The molecular formula is C19H20Cl2N4O2S. The Morgan fingerprint density at radius 1 is 1.14 bits per heavy atom. The summed E-state index contributed by atoms with van der Waals surface area (Å²) in [6.45, 7) is 2.77. The van der Waals surface area contributed by atoms with E-state index in [1.54, 1.807) is 6.07 Å². The van der Waals surface area contributed by atoms with Crippen molar-refractivity contribution >= 4 is 57.2 Å². The number of hydrogen-bond acceptors (Lipinski definition) is 5. The summed E-state index contributed by atoms with van der Waals surface area (Å²) in [5.74, 6) is 0.227. The van der Waals surface area contributed by atoms with Crippen LogP contribution in [-0.4, -0.2) is 47.9 Å². The van der Waals surface area contributed by atoms with Crippen molar-refractivity contribution in [3.63, 3.8) is 0 Å². The molecule has 2 fully saturated rings. The van der Waals surface area contributed by atoms with E-state index in [9.17, 15) is 9.59 Å². The van der Waals surface area contributed by atoms with Crippen molar-refractivity contribution in [2.45, 2.75) is 19.3 Å². The van der Waals surface area contributed by atoms with Crippen LogP contribution in [0.15, 0.2) is 23.6 Å². The average molecular weight is 439 g/mol. The van der Waals surface area contributed by atoms with E-state index < -0.39 is 0 Å². The van der Waals surface area contributed by atoms with Crippen molar-refractivity contribution in [1.29, 1.82) is 0 Å². The van der Waals surface area contributed by atoms with E-state index in [1.807, 2.05) is 22.4 Å². The molecule has 9 heteroatoms. The minimum atomic E-state index is 0.0330. The summed E-state index contributed by atoms with van der Waals surface area (Å²) in [7, 11) is 0. The van der Waals surface area contributed by atoms with Crippen molar-refractivity contribution in [2.75, 3.05) is 36.4 Å². The fourth-order valence-electron chi connectivity index (χ4n) is 3.16. The highest BCUT2D eigenvalue weighted by Gasteiger charge is 2.30. The van der Waals surface area contributed by atoms with Gasteiger partial charge in [0, 0.05) is 43.2 Å². The van der Waals surface area contributed by atoms with E-state index in [0.717, 1.165) is 31.6 Å². The van der Waals surface area contributed by atoms with Crippen LogP contribution in [0.3, 0.4) is 0 Å². The molecule has 0 atom stereocenters. The Hall–Kier alpha value is -1.83. The smallest absolute Gasteiger partial charge is 0.229 e. The molecule has 2 aliphatic rings. The fourth-order valence-corrected chi connectivity index (χ4v) is 4.17. The van der Waals surface area contributed by atoms with E-state index in [2.05, 4.69) is 15.2 Å². The van der Waals surface area contributed by atoms with E-state index in [-0.39, 0.29) is 24.2 Å². The van der Waals surface area contributed by atoms with Crippen molar-refractivity contribution in [1.82, 2.24) is 9.88 Å². The molecule has 28 heavy (non-hydrogen) atoms. The van der Waals surface area contributed by atoms with Crippen LogP contribution in [-0.2, 0) is 16.0 Å². The van der Waals surface area contributed by atoms with Gasteiger partial charge in [-0.3, -0.25) is 9.59 Å². The first-order chi connectivity index (χ1) is 13.5. The molecule has 0 spiro atoms. The van der Waals surface area contributed by atoms with Gasteiger partial charge in [0.25, 0.3) is 0 Å². The summed E-state index contributed by atoms with van der Waals surface area (Å²) in [4.78, 5) is 32.8. The summed E-state index contributed by atoms with van der Waals surface area (Å²) in [6.07, 6.45) is 2.16. The Kier molecular flexibility index (Phi) is 5.75. The minimum absolute atomic E-state index is 0.0330. The lowest BCUT2D eigenvalue weighted by molar-refractivity contribution is -0.130. The highest BCUT2D eigenvalue weighted by molar-refractivity contribution is 7.13. The van der Waals surface area contributed by atoms with Crippen LogP contribution in [0.25, 0.3) is 0 Å². The number of benzene rings is 1. The molecule has 0 unspecified atom stereocenters. The zero-order valence-corrected chi connectivity index (χ0v) is 17.5. The van der Waals surface area contributed by atoms with Gasteiger partial charge in [-0.15, -0.1) is 11.3 Å². The second kappa shape index (κ2) is 8.27. The molecule has 1 saturated heterocycles. The zero-order chi connectivity index (χ0) is 19.7. The molecule has 1 aromatic heterocycles. The second-order valence-corrected chi connectivity index (χ2v) is 8.72. The number of anilines is 2. The van der Waals surface area contributed by atoms with Crippen molar-refractivity contribution in [3.05, 3.63) is 39.3 Å². The van der Waals surface area contributed by atoms with Crippen LogP contribution in [0.2, 0.25) is 10.0 Å². The predicted octanol–water partition coefficient (Wildman–Crippen LogP) is 3.69. The number of rotatable bonds is 5. The standard InChI is InChI=1S/C19H20Cl2N4O2S/c20-15-4-3-14(10-16(15)21)24-5-7-25(8-6-24)17(26)9-13-11-28-19(22-13)23-18(27)12-1-2-12/h3-4,10-12H,1-2,5-9H2,(H,22,23,27). The number of amides is 2. The van der Waals surface area contributed by atoms with Gasteiger partial charge in [-0.1, -0.05) is 23.2 Å². The molecular weight excluding hydrogens is 419 g/mol. The topological polar surface area (TPSA) is 65.5 Å². The van der Waals surface area contributed by atoms with Crippen LogP contribution in [0, 0.1) is 5.92 Å². The van der Waals surface area contributed by atoms with E-state index in [4.69, 9.17) is 23.2 Å². The number of halogens is 2. The third-order valence-corrected chi connectivity index (χ3v) is 6.51. The molecule has 2 amide bonds. The van der Waals surface area contributed by atoms with Gasteiger partial charge >= 0.3 is 0 Å². The van der Waals surface area contributed by atoms with Gasteiger partial charge in [0.05, 0.1) is 22.2 Å². The van der Waals surface area contributed by atoms with Gasteiger partial charge in [-0.25, -0.2) is 4.98 Å². The van der Waals surface area contributed by atoms with Gasteiger partial charge in [0.1, 0.15) is 0 Å². The summed E-state index contributed by atoms with van der Waals surface area (Å²) >= 11 is 13.4. The monoisotopic (exact) mass is 438 g/mol. The maximum atomic E-state index is 12.6. The molecule has 1 aliphatic carbocycles. The van der Waals surface area contributed by atoms with Crippen molar-refractivity contribution in [3.8, 4) is 0 Å². The van der Waals surface area contributed by atoms with E-state index >= 15 is 0 Å². The summed E-state index contributed by atoms with van der Waals surface area (Å²) in [6, 6.07) is 5.59. The summed E-state index contributed by atoms with van der Waals surface area (Å²) < 4.78 is 0. The fraction of sp³-hybridized carbons (Fsp3) is 0.421. The van der Waals surface area contributed by atoms with E-state index in [1.165, 1.54) is 11.3 Å². The maximum absolute atomic E-state index is 12.6. The molecule has 4 rings (SSSR count). The Morgan fingerprint density at radius 2 is 1.89 bits per heavy atom. The lowest BCUT2D eigenvalue weighted by atomic mass is 10.2. The third-order valence-electron chi connectivity index (χ3n) is 4.96. The molecule has 148 valence electrons. The zero-order valence-electron chi connectivity index (χ0n) is 15.2. The van der Waals surface area contributed by atoms with Crippen molar-refractivity contribution < 1.29 is 9.59 Å². The van der Waals surface area contributed by atoms with Gasteiger partial charge in [-0.05, 0) is 31.0 Å². The Bertz CT molecular complexity index is 892. The van der Waals surface area contributed by atoms with Crippen molar-refractivity contribution in [2.24, 2.45) is 5.92 Å². The SMILES string of the molecule is O=C(Nc1nc(CC(=O)N2CCN(c3ccc(Cl)c(Cl)c3)CC2)cs1)C1CC1. The molecule has 1 N–H and O–H groups in total. The van der Waals surface area contributed by atoms with Gasteiger partial charge in [0.2, 0.25) is 11.8 Å². The van der Waals surface area contributed by atoms with Gasteiger partial charge < -0.3 is 15.1 Å². The number of carbonyl (C=O) groups is 2. The number of hydrogen-bond donors (Lipinski definition) is 1. The number of nitrogens with one attached hydrogen (secondary N) is 1. The highest BCUT2D eigenvalue weighted by Crippen LogP contribution is 2.31. The Morgan fingerprint density at radius 3 is 2.57 bits per heavy atom. The molecule has 1 saturated carbocycles. The number of carbonyl (C=O) groups excluding carboxylic acids is 2. The molecule has 1 aliphatic heterocycles. The van der Waals surface area contributed by atoms with E-state index in [0.29, 0.717) is 34.0 Å². The lowest BCUT2D eigenvalue weighted by Crippen LogP contribution is -2.49. The molecule has 2 aromatic rings. The normalized spacial score (nSPS) is 16.9. The highest BCUT2D eigenvalue weighted by atomic mass is 35.5. The Labute approximate surface area is 177 Å². The molecule has 1 aromatic carbocycles. The summed E-state index contributed by atoms with van der Waals surface area (Å²) in [5, 5.41) is 6.31. The number of nitrogens with zero attached hydrogens (tertiary/aromatic N) is 3. The molecule has 0 radical (unpaired) electrons. The van der Waals surface area contributed by atoms with Gasteiger partial charge in [0.15, 0.2) is 5.13 Å². The van der Waals surface area contributed by atoms with Gasteiger partial charge in [-0.2, -0.15) is 0 Å². The van der Waals surface area contributed by atoms with Crippen LogP contribution >= 0.6 is 34.5 Å². The average Bonchev–Trinajstić information content (AvgIpc) is 3.46. The first-order valence-electron chi connectivity index (χ1n) is 9.22. The summed E-state index contributed by atoms with van der Waals surface area (Å²) in [5.41, 5.74) is 1.71. The van der Waals surface area contributed by atoms with Crippen LogP contribution in [0.4, 0.5) is 10.8 Å². The predicted molar refractivity (Wildman–Crippen MR) is 112 cm³/mol. The number of aromatic nitrogens is 1. The molecule has 6 nitrogen and oxygen atoms in total. The second-order valence-electron chi connectivity index (χ2n) is 7.05. The molecule has 0 bridgehead atoms. The van der Waals surface area contributed by atoms with Crippen LogP contribution in [0.5, 0.6) is 0 Å². The maximum Gasteiger partial charge on any atom is 0.229 e. The first-order valence-corrected chi connectivity index (χ1v) is 10.9. The number of thiazole rings is 1. The number of piperazine rings is 1. The minimum Gasteiger partial charge on any atom is -0.368 e. The Balaban J connectivity index is 1.28. The van der Waals surface area contributed by atoms with Crippen LogP contribution in [0.1, 0.15) is 18.5 Å². The quantitative estimate of drug-likeness (QED) is 0.772. The lowest BCUT2D eigenvalue weighted by Gasteiger charge is -2.36. The largest absolute Gasteiger partial charge is 0.368 e. The third kappa shape index (κ3) is 4.59.